The number of ether oxygens (including phenoxy) is 1. The monoisotopic (exact) mass is 176 g/mol. The Morgan fingerprint density at radius 3 is 2.77 bits per heavy atom. The Morgan fingerprint density at radius 1 is 1.31 bits per heavy atom. The summed E-state index contributed by atoms with van der Waals surface area (Å²) in [4.78, 5) is 0. The summed E-state index contributed by atoms with van der Waals surface area (Å²) in [6.07, 6.45) is 0. The normalized spacial score (nSPS) is 9.15. The van der Waals surface area contributed by atoms with Gasteiger partial charge < -0.3 is 10.1 Å². The Bertz CT molecular complexity index is 266. The Hall–Kier alpha value is -1.53. The lowest BCUT2D eigenvalue weighted by atomic mass is 10.3. The van der Waals surface area contributed by atoms with Gasteiger partial charge in [-0.2, -0.15) is 5.26 Å². The molecule has 3 heteroatoms. The minimum atomic E-state index is 0.373. The molecule has 1 aromatic carbocycles. The van der Waals surface area contributed by atoms with E-state index in [4.69, 9.17) is 10.00 Å². The van der Waals surface area contributed by atoms with Crippen molar-refractivity contribution in [2.75, 3.05) is 19.7 Å². The summed E-state index contributed by atoms with van der Waals surface area (Å²) in [6.45, 7) is 1.66. The smallest absolute Gasteiger partial charge is 0.119 e. The molecule has 1 rings (SSSR count). The number of hydrogen-bond acceptors (Lipinski definition) is 3. The second kappa shape index (κ2) is 6.04. The molecular weight excluding hydrogens is 164 g/mol. The van der Waals surface area contributed by atoms with Crippen molar-refractivity contribution >= 4 is 0 Å². The molecule has 0 aromatic heterocycles. The van der Waals surface area contributed by atoms with Crippen molar-refractivity contribution in [3.8, 4) is 11.8 Å². The maximum atomic E-state index is 8.23. The van der Waals surface area contributed by atoms with Crippen molar-refractivity contribution in [1.82, 2.24) is 5.32 Å². The first-order chi connectivity index (χ1) is 6.43. The maximum absolute atomic E-state index is 8.23. The quantitative estimate of drug-likeness (QED) is 0.541. The van der Waals surface area contributed by atoms with Crippen LogP contribution >= 0.6 is 0 Å². The van der Waals surface area contributed by atoms with Gasteiger partial charge in [-0.05, 0) is 12.1 Å². The first kappa shape index (κ1) is 9.56. The molecule has 0 amide bonds. The topological polar surface area (TPSA) is 45.0 Å². The lowest BCUT2D eigenvalue weighted by molar-refractivity contribution is 0.316. The molecule has 0 radical (unpaired) electrons. The summed E-state index contributed by atoms with van der Waals surface area (Å²) in [5.41, 5.74) is 0. The van der Waals surface area contributed by atoms with Gasteiger partial charge in [0, 0.05) is 6.54 Å². The fourth-order valence-electron chi connectivity index (χ4n) is 0.902. The average Bonchev–Trinajstić information content (AvgIpc) is 2.19. The molecule has 0 fully saturated rings. The van der Waals surface area contributed by atoms with Crippen LogP contribution in [0.25, 0.3) is 0 Å². The van der Waals surface area contributed by atoms with Crippen molar-refractivity contribution < 1.29 is 4.74 Å². The van der Waals surface area contributed by atoms with Crippen LogP contribution in [0.1, 0.15) is 0 Å². The predicted octanol–water partition coefficient (Wildman–Crippen LogP) is 1.18. The SMILES string of the molecule is N#CCNCCOc1ccccc1. The Morgan fingerprint density at radius 2 is 2.08 bits per heavy atom. The second-order valence-electron chi connectivity index (χ2n) is 2.50. The number of nitriles is 1. The van der Waals surface area contributed by atoms with Crippen LogP contribution < -0.4 is 10.1 Å². The third-order valence-electron chi connectivity index (χ3n) is 1.49. The molecule has 0 aliphatic carbocycles. The first-order valence-corrected chi connectivity index (χ1v) is 4.19. The van der Waals surface area contributed by atoms with E-state index in [0.29, 0.717) is 19.7 Å². The van der Waals surface area contributed by atoms with Crippen molar-refractivity contribution in [3.05, 3.63) is 30.3 Å². The summed E-state index contributed by atoms with van der Waals surface area (Å²) in [5.74, 6) is 0.862. The van der Waals surface area contributed by atoms with Crippen LogP contribution in [-0.4, -0.2) is 19.7 Å². The fourth-order valence-corrected chi connectivity index (χ4v) is 0.902. The molecule has 0 spiro atoms. The molecule has 0 bridgehead atoms. The van der Waals surface area contributed by atoms with Crippen LogP contribution in [0, 0.1) is 11.3 Å². The molecule has 1 N–H and O–H groups in total. The zero-order valence-corrected chi connectivity index (χ0v) is 7.36. The first-order valence-electron chi connectivity index (χ1n) is 4.19. The zero-order valence-electron chi connectivity index (χ0n) is 7.36. The fraction of sp³-hybridized carbons (Fsp3) is 0.300. The highest BCUT2D eigenvalue weighted by atomic mass is 16.5. The van der Waals surface area contributed by atoms with Gasteiger partial charge in [0.2, 0.25) is 0 Å². The van der Waals surface area contributed by atoms with E-state index in [0.717, 1.165) is 5.75 Å². The van der Waals surface area contributed by atoms with Gasteiger partial charge in [-0.25, -0.2) is 0 Å². The summed E-state index contributed by atoms with van der Waals surface area (Å²) in [5, 5.41) is 11.1. The minimum Gasteiger partial charge on any atom is -0.492 e. The second-order valence-corrected chi connectivity index (χ2v) is 2.50. The van der Waals surface area contributed by atoms with E-state index in [2.05, 4.69) is 5.32 Å². The zero-order chi connectivity index (χ0) is 9.36. The molecule has 3 nitrogen and oxygen atoms in total. The molecule has 1 aromatic rings. The molecule has 0 unspecified atom stereocenters. The third kappa shape index (κ3) is 4.14. The van der Waals surface area contributed by atoms with Gasteiger partial charge in [0.15, 0.2) is 0 Å². The van der Waals surface area contributed by atoms with Gasteiger partial charge in [0.1, 0.15) is 12.4 Å². The molecule has 0 aliphatic rings. The van der Waals surface area contributed by atoms with E-state index >= 15 is 0 Å². The third-order valence-corrected chi connectivity index (χ3v) is 1.49. The summed E-state index contributed by atoms with van der Waals surface area (Å²) in [6, 6.07) is 11.6. The average molecular weight is 176 g/mol. The van der Waals surface area contributed by atoms with Crippen molar-refractivity contribution in [2.24, 2.45) is 0 Å². The van der Waals surface area contributed by atoms with E-state index in [1.807, 2.05) is 36.4 Å². The van der Waals surface area contributed by atoms with E-state index in [-0.39, 0.29) is 0 Å². The summed E-state index contributed by atoms with van der Waals surface area (Å²) in [7, 11) is 0. The number of rotatable bonds is 5. The molecular formula is C10H12N2O. The minimum absolute atomic E-state index is 0.373. The van der Waals surface area contributed by atoms with Crippen molar-refractivity contribution in [3.63, 3.8) is 0 Å². The van der Waals surface area contributed by atoms with E-state index < -0.39 is 0 Å². The molecule has 13 heavy (non-hydrogen) atoms. The molecule has 0 atom stereocenters. The van der Waals surface area contributed by atoms with Crippen molar-refractivity contribution in [2.45, 2.75) is 0 Å². The van der Waals surface area contributed by atoms with Crippen LogP contribution in [0.15, 0.2) is 30.3 Å². The number of para-hydroxylation sites is 1. The summed E-state index contributed by atoms with van der Waals surface area (Å²) >= 11 is 0. The number of nitrogens with one attached hydrogen (secondary N) is 1. The number of benzene rings is 1. The van der Waals surface area contributed by atoms with Gasteiger partial charge in [-0.3, -0.25) is 0 Å². The standard InChI is InChI=1S/C10H12N2O/c11-6-7-12-8-9-13-10-4-2-1-3-5-10/h1-5,12H,7-9H2. The van der Waals surface area contributed by atoms with E-state index in [1.165, 1.54) is 0 Å². The van der Waals surface area contributed by atoms with Gasteiger partial charge in [-0.1, -0.05) is 18.2 Å². The van der Waals surface area contributed by atoms with E-state index in [1.54, 1.807) is 0 Å². The molecule has 0 aliphatic heterocycles. The van der Waals surface area contributed by atoms with Crippen LogP contribution in [0.2, 0.25) is 0 Å². The number of nitrogens with zero attached hydrogens (tertiary/aromatic N) is 1. The van der Waals surface area contributed by atoms with Gasteiger partial charge in [0.25, 0.3) is 0 Å². The van der Waals surface area contributed by atoms with Gasteiger partial charge >= 0.3 is 0 Å². The Kier molecular flexibility index (Phi) is 4.44. The van der Waals surface area contributed by atoms with Gasteiger partial charge in [-0.15, -0.1) is 0 Å². The van der Waals surface area contributed by atoms with Crippen molar-refractivity contribution in [1.29, 1.82) is 5.26 Å². The van der Waals surface area contributed by atoms with E-state index in [9.17, 15) is 0 Å². The summed E-state index contributed by atoms with van der Waals surface area (Å²) < 4.78 is 5.38. The van der Waals surface area contributed by atoms with Gasteiger partial charge in [0.05, 0.1) is 12.6 Å². The Balaban J connectivity index is 2.11. The molecule has 68 valence electrons. The van der Waals surface area contributed by atoms with Crippen LogP contribution in [0.3, 0.4) is 0 Å². The highest BCUT2D eigenvalue weighted by Gasteiger charge is 1.89. The Labute approximate surface area is 77.9 Å². The largest absolute Gasteiger partial charge is 0.492 e. The lowest BCUT2D eigenvalue weighted by Crippen LogP contribution is -2.21. The highest BCUT2D eigenvalue weighted by Crippen LogP contribution is 2.07. The molecule has 0 heterocycles. The molecule has 0 saturated heterocycles. The van der Waals surface area contributed by atoms with Crippen LogP contribution in [0.5, 0.6) is 5.75 Å². The lowest BCUT2D eigenvalue weighted by Gasteiger charge is -2.04. The number of hydrogen-bond donors (Lipinski definition) is 1. The predicted molar refractivity (Wildman–Crippen MR) is 50.4 cm³/mol. The maximum Gasteiger partial charge on any atom is 0.119 e. The van der Waals surface area contributed by atoms with Crippen LogP contribution in [0.4, 0.5) is 0 Å². The van der Waals surface area contributed by atoms with Crippen LogP contribution in [-0.2, 0) is 0 Å². The highest BCUT2D eigenvalue weighted by molar-refractivity contribution is 5.20. The molecule has 0 saturated carbocycles.